The summed E-state index contributed by atoms with van der Waals surface area (Å²) in [7, 11) is 0. The van der Waals surface area contributed by atoms with Crippen LogP contribution >= 0.6 is 0 Å². The van der Waals surface area contributed by atoms with Crippen molar-refractivity contribution in [2.24, 2.45) is 0 Å². The summed E-state index contributed by atoms with van der Waals surface area (Å²) >= 11 is 0. The number of aromatic nitrogens is 2. The molecule has 1 fully saturated rings. The smallest absolute Gasteiger partial charge is 0.132 e. The van der Waals surface area contributed by atoms with Crippen molar-refractivity contribution in [3.8, 4) is 0 Å². The van der Waals surface area contributed by atoms with E-state index in [-0.39, 0.29) is 11.5 Å². The van der Waals surface area contributed by atoms with Crippen LogP contribution in [-0.2, 0) is 5.41 Å². The second-order valence-corrected chi connectivity index (χ2v) is 5.73. The fourth-order valence-electron chi connectivity index (χ4n) is 2.03. The zero-order valence-electron chi connectivity index (χ0n) is 10.8. The first-order valence-electron chi connectivity index (χ1n) is 6.22. The summed E-state index contributed by atoms with van der Waals surface area (Å²) in [5, 5.41) is 9.50. The number of aliphatic hydroxyl groups is 1. The molecule has 0 aliphatic carbocycles. The normalized spacial score (nSPS) is 18.5. The lowest BCUT2D eigenvalue weighted by molar-refractivity contribution is 0.145. The molecule has 1 saturated heterocycles. The molecule has 2 heterocycles. The van der Waals surface area contributed by atoms with Gasteiger partial charge in [0.05, 0.1) is 11.8 Å². The Morgan fingerprint density at radius 1 is 1.24 bits per heavy atom. The third-order valence-electron chi connectivity index (χ3n) is 3.21. The minimum atomic E-state index is -0.143. The number of rotatable bonds is 1. The van der Waals surface area contributed by atoms with E-state index in [2.05, 4.69) is 41.7 Å². The van der Waals surface area contributed by atoms with Crippen LogP contribution in [0.15, 0.2) is 12.4 Å². The molecule has 2 rings (SSSR count). The van der Waals surface area contributed by atoms with Crippen molar-refractivity contribution in [3.63, 3.8) is 0 Å². The van der Waals surface area contributed by atoms with E-state index in [9.17, 15) is 5.11 Å². The minimum absolute atomic E-state index is 0.0486. The van der Waals surface area contributed by atoms with Crippen molar-refractivity contribution < 1.29 is 5.11 Å². The summed E-state index contributed by atoms with van der Waals surface area (Å²) in [5.41, 5.74) is 1.11. The van der Waals surface area contributed by atoms with Crippen LogP contribution in [0.3, 0.4) is 0 Å². The number of hydrogen-bond donors (Lipinski definition) is 1. The van der Waals surface area contributed by atoms with Gasteiger partial charge < -0.3 is 10.0 Å². The lowest BCUT2D eigenvalue weighted by atomic mass is 9.92. The van der Waals surface area contributed by atoms with Crippen molar-refractivity contribution >= 4 is 5.82 Å². The van der Waals surface area contributed by atoms with Gasteiger partial charge in [-0.05, 0) is 12.8 Å². The maximum atomic E-state index is 9.50. The molecule has 0 saturated carbocycles. The molecule has 1 aliphatic heterocycles. The van der Waals surface area contributed by atoms with Gasteiger partial charge in [0.25, 0.3) is 0 Å². The van der Waals surface area contributed by atoms with Crippen molar-refractivity contribution in [2.75, 3.05) is 18.0 Å². The number of piperidine rings is 1. The van der Waals surface area contributed by atoms with Crippen molar-refractivity contribution in [1.82, 2.24) is 9.97 Å². The number of anilines is 1. The van der Waals surface area contributed by atoms with Gasteiger partial charge in [-0.3, -0.25) is 0 Å². The molecule has 0 bridgehead atoms. The maximum Gasteiger partial charge on any atom is 0.132 e. The Labute approximate surface area is 103 Å². The van der Waals surface area contributed by atoms with Crippen LogP contribution in [0.2, 0.25) is 0 Å². The summed E-state index contributed by atoms with van der Waals surface area (Å²) in [6.45, 7) is 8.21. The molecule has 0 aromatic carbocycles. The molecule has 0 atom stereocenters. The molecule has 4 heteroatoms. The summed E-state index contributed by atoms with van der Waals surface area (Å²) < 4.78 is 0. The van der Waals surface area contributed by atoms with E-state index < -0.39 is 0 Å². The third kappa shape index (κ3) is 2.94. The predicted molar refractivity (Wildman–Crippen MR) is 68.2 cm³/mol. The van der Waals surface area contributed by atoms with Crippen molar-refractivity contribution in [2.45, 2.75) is 45.1 Å². The Bertz CT molecular complexity index is 378. The molecule has 1 aromatic rings. The summed E-state index contributed by atoms with van der Waals surface area (Å²) in [5.74, 6) is 0.983. The Morgan fingerprint density at radius 2 is 1.88 bits per heavy atom. The van der Waals surface area contributed by atoms with Crippen LogP contribution in [0.5, 0.6) is 0 Å². The fourth-order valence-corrected chi connectivity index (χ4v) is 2.03. The lowest BCUT2D eigenvalue weighted by Gasteiger charge is -2.31. The average Bonchev–Trinajstić information content (AvgIpc) is 2.29. The molecule has 0 amide bonds. The first-order valence-corrected chi connectivity index (χ1v) is 6.22. The third-order valence-corrected chi connectivity index (χ3v) is 3.21. The topological polar surface area (TPSA) is 49.2 Å². The fraction of sp³-hybridized carbons (Fsp3) is 0.692. The predicted octanol–water partition coefficient (Wildman–Crippen LogP) is 1.74. The molecule has 4 nitrogen and oxygen atoms in total. The highest BCUT2D eigenvalue weighted by Gasteiger charge is 2.21. The molecule has 0 unspecified atom stereocenters. The first-order chi connectivity index (χ1) is 7.97. The highest BCUT2D eigenvalue weighted by atomic mass is 16.3. The quantitative estimate of drug-likeness (QED) is 0.805. The van der Waals surface area contributed by atoms with E-state index in [1.54, 1.807) is 6.33 Å². The number of nitrogens with zero attached hydrogens (tertiary/aromatic N) is 3. The molecule has 1 N–H and O–H groups in total. The molecular weight excluding hydrogens is 214 g/mol. The van der Waals surface area contributed by atoms with E-state index >= 15 is 0 Å². The minimum Gasteiger partial charge on any atom is -0.393 e. The number of aliphatic hydroxyl groups excluding tert-OH is 1. The van der Waals surface area contributed by atoms with Crippen LogP contribution in [0.4, 0.5) is 5.82 Å². The van der Waals surface area contributed by atoms with Gasteiger partial charge in [0.1, 0.15) is 12.1 Å². The highest BCUT2D eigenvalue weighted by Crippen LogP contribution is 2.24. The van der Waals surface area contributed by atoms with Crippen LogP contribution in [0.1, 0.15) is 39.3 Å². The first kappa shape index (κ1) is 12.3. The van der Waals surface area contributed by atoms with E-state index in [1.807, 2.05) is 0 Å². The molecule has 17 heavy (non-hydrogen) atoms. The van der Waals surface area contributed by atoms with Crippen molar-refractivity contribution in [1.29, 1.82) is 0 Å². The second kappa shape index (κ2) is 4.61. The van der Waals surface area contributed by atoms with E-state index in [0.717, 1.165) is 37.4 Å². The van der Waals surface area contributed by atoms with Gasteiger partial charge in [-0.15, -0.1) is 0 Å². The lowest BCUT2D eigenvalue weighted by Crippen LogP contribution is -2.36. The van der Waals surface area contributed by atoms with Gasteiger partial charge in [-0.25, -0.2) is 9.97 Å². The Hall–Kier alpha value is -1.16. The summed E-state index contributed by atoms with van der Waals surface area (Å²) in [6.07, 6.45) is 3.15. The van der Waals surface area contributed by atoms with Gasteiger partial charge >= 0.3 is 0 Å². The Kier molecular flexibility index (Phi) is 3.33. The van der Waals surface area contributed by atoms with Crippen LogP contribution in [0, 0.1) is 0 Å². The molecule has 1 aromatic heterocycles. The molecular formula is C13H21N3O. The van der Waals surface area contributed by atoms with E-state index in [1.165, 1.54) is 0 Å². The van der Waals surface area contributed by atoms with Crippen LogP contribution in [0.25, 0.3) is 0 Å². The molecule has 94 valence electrons. The zero-order valence-corrected chi connectivity index (χ0v) is 10.8. The van der Waals surface area contributed by atoms with Gasteiger partial charge in [0, 0.05) is 24.6 Å². The maximum absolute atomic E-state index is 9.50. The molecule has 1 aliphatic rings. The van der Waals surface area contributed by atoms with Gasteiger partial charge in [-0.2, -0.15) is 0 Å². The summed E-state index contributed by atoms with van der Waals surface area (Å²) in [6, 6.07) is 2.07. The SMILES string of the molecule is CC(C)(C)c1cc(N2CCC(O)CC2)ncn1. The Morgan fingerprint density at radius 3 is 2.47 bits per heavy atom. The van der Waals surface area contributed by atoms with E-state index in [0.29, 0.717) is 0 Å². The highest BCUT2D eigenvalue weighted by molar-refractivity contribution is 5.40. The molecule has 0 spiro atoms. The Balaban J connectivity index is 2.16. The largest absolute Gasteiger partial charge is 0.393 e. The number of hydrogen-bond acceptors (Lipinski definition) is 4. The molecule has 0 radical (unpaired) electrons. The van der Waals surface area contributed by atoms with Gasteiger partial charge in [0.2, 0.25) is 0 Å². The van der Waals surface area contributed by atoms with E-state index in [4.69, 9.17) is 0 Å². The van der Waals surface area contributed by atoms with Gasteiger partial charge in [-0.1, -0.05) is 20.8 Å². The monoisotopic (exact) mass is 235 g/mol. The standard InChI is InChI=1S/C13H21N3O/c1-13(2,3)11-8-12(15-9-14-11)16-6-4-10(17)5-7-16/h8-10,17H,4-7H2,1-3H3. The van der Waals surface area contributed by atoms with Gasteiger partial charge in [0.15, 0.2) is 0 Å². The summed E-state index contributed by atoms with van der Waals surface area (Å²) in [4.78, 5) is 10.9. The van der Waals surface area contributed by atoms with Crippen LogP contribution < -0.4 is 4.90 Å². The van der Waals surface area contributed by atoms with Crippen LogP contribution in [-0.4, -0.2) is 34.3 Å². The second-order valence-electron chi connectivity index (χ2n) is 5.73. The average molecular weight is 235 g/mol. The zero-order chi connectivity index (χ0) is 12.5. The van der Waals surface area contributed by atoms with Crippen molar-refractivity contribution in [3.05, 3.63) is 18.1 Å².